The summed E-state index contributed by atoms with van der Waals surface area (Å²) in [5, 5.41) is 9.18. The molecule has 2 aromatic carbocycles. The predicted octanol–water partition coefficient (Wildman–Crippen LogP) is 2.23. The zero-order valence-corrected chi connectivity index (χ0v) is 13.9. The van der Waals surface area contributed by atoms with E-state index in [1.165, 1.54) is 5.56 Å². The van der Waals surface area contributed by atoms with Crippen LogP contribution in [0.2, 0.25) is 0 Å². The summed E-state index contributed by atoms with van der Waals surface area (Å²) in [6.45, 7) is 0.799. The van der Waals surface area contributed by atoms with E-state index in [0.29, 0.717) is 18.5 Å². The van der Waals surface area contributed by atoms with Gasteiger partial charge < -0.3 is 14.5 Å². The highest BCUT2D eigenvalue weighted by molar-refractivity contribution is 5.93. The number of rotatable bonds is 7. The molecule has 0 spiro atoms. The quantitative estimate of drug-likeness (QED) is 0.644. The molecular weight excluding hydrogens is 318 g/mol. The molecule has 0 aliphatic carbocycles. The normalized spacial score (nSPS) is 11.0. The van der Waals surface area contributed by atoms with Crippen molar-refractivity contribution >= 4 is 17.0 Å². The van der Waals surface area contributed by atoms with Crippen molar-refractivity contribution in [3.05, 3.63) is 65.5 Å². The van der Waals surface area contributed by atoms with E-state index in [1.54, 1.807) is 12.1 Å². The van der Waals surface area contributed by atoms with Crippen molar-refractivity contribution in [2.75, 3.05) is 6.61 Å². The van der Waals surface area contributed by atoms with Gasteiger partial charge in [-0.25, -0.2) is 9.78 Å². The molecule has 0 fully saturated rings. The number of hydrogen-bond acceptors (Lipinski definition) is 5. The van der Waals surface area contributed by atoms with Gasteiger partial charge in [-0.1, -0.05) is 30.3 Å². The molecule has 0 aliphatic heterocycles. The number of benzene rings is 2. The Balaban J connectivity index is 1.92. The number of aliphatic hydroxyl groups excluding tert-OH is 1. The number of hydrogen-bond donors (Lipinski definition) is 2. The highest BCUT2D eigenvalue weighted by atomic mass is 16.7. The van der Waals surface area contributed by atoms with Crippen LogP contribution in [0.5, 0.6) is 0 Å². The summed E-state index contributed by atoms with van der Waals surface area (Å²) in [4.78, 5) is 20.6. The SMILES string of the molecule is NOC(=O)c1ccc2c(c1)nc(CCc1ccccc1)n2CCCO. The highest BCUT2D eigenvalue weighted by Gasteiger charge is 2.14. The molecule has 1 heterocycles. The summed E-state index contributed by atoms with van der Waals surface area (Å²) in [5.74, 6) is 5.31. The minimum atomic E-state index is -0.586. The van der Waals surface area contributed by atoms with Crippen LogP contribution in [0.25, 0.3) is 11.0 Å². The number of nitrogens with zero attached hydrogens (tertiary/aromatic N) is 2. The van der Waals surface area contributed by atoms with Crippen molar-refractivity contribution in [1.82, 2.24) is 9.55 Å². The van der Waals surface area contributed by atoms with Crippen LogP contribution in [0.15, 0.2) is 48.5 Å². The van der Waals surface area contributed by atoms with Crippen molar-refractivity contribution in [2.45, 2.75) is 25.8 Å². The molecule has 0 saturated carbocycles. The van der Waals surface area contributed by atoms with E-state index in [4.69, 9.17) is 10.9 Å². The molecule has 3 aromatic rings. The van der Waals surface area contributed by atoms with E-state index in [1.807, 2.05) is 24.3 Å². The highest BCUT2D eigenvalue weighted by Crippen LogP contribution is 2.20. The molecule has 3 N–H and O–H groups in total. The van der Waals surface area contributed by atoms with Crippen molar-refractivity contribution in [1.29, 1.82) is 0 Å². The average Bonchev–Trinajstić information content (AvgIpc) is 3.01. The smallest absolute Gasteiger partial charge is 0.356 e. The fourth-order valence-corrected chi connectivity index (χ4v) is 2.94. The molecule has 0 amide bonds. The van der Waals surface area contributed by atoms with Gasteiger partial charge in [-0.05, 0) is 36.6 Å². The minimum absolute atomic E-state index is 0.120. The van der Waals surface area contributed by atoms with Gasteiger partial charge in [0, 0.05) is 19.6 Å². The van der Waals surface area contributed by atoms with Gasteiger partial charge in [-0.3, -0.25) is 0 Å². The first-order chi connectivity index (χ1) is 12.2. The zero-order valence-electron chi connectivity index (χ0n) is 13.9. The molecule has 130 valence electrons. The first-order valence-corrected chi connectivity index (χ1v) is 8.28. The maximum Gasteiger partial charge on any atom is 0.356 e. The Hall–Kier alpha value is -2.70. The second kappa shape index (κ2) is 7.92. The molecule has 0 bridgehead atoms. The van der Waals surface area contributed by atoms with E-state index < -0.39 is 5.97 Å². The Morgan fingerprint density at radius 2 is 1.96 bits per heavy atom. The van der Waals surface area contributed by atoms with Crippen LogP contribution in [0.4, 0.5) is 0 Å². The van der Waals surface area contributed by atoms with Crippen LogP contribution >= 0.6 is 0 Å². The Morgan fingerprint density at radius 1 is 1.16 bits per heavy atom. The van der Waals surface area contributed by atoms with Crippen molar-refractivity contribution < 1.29 is 14.7 Å². The number of aryl methyl sites for hydroxylation is 3. The Labute approximate surface area is 145 Å². The molecule has 1 aromatic heterocycles. The third kappa shape index (κ3) is 3.87. The van der Waals surface area contributed by atoms with Gasteiger partial charge in [-0.15, -0.1) is 0 Å². The van der Waals surface area contributed by atoms with Crippen LogP contribution in [-0.2, 0) is 24.2 Å². The second-order valence-corrected chi connectivity index (χ2v) is 5.85. The number of imidazole rings is 1. The van der Waals surface area contributed by atoms with Gasteiger partial charge in [0.15, 0.2) is 0 Å². The van der Waals surface area contributed by atoms with Crippen LogP contribution < -0.4 is 5.90 Å². The molecule has 0 radical (unpaired) electrons. The fraction of sp³-hybridized carbons (Fsp3) is 0.263. The van der Waals surface area contributed by atoms with Gasteiger partial charge in [-0.2, -0.15) is 5.90 Å². The lowest BCUT2D eigenvalue weighted by Crippen LogP contribution is -2.10. The number of carbonyl (C=O) groups excluding carboxylic acids is 1. The molecule has 0 saturated heterocycles. The Bertz CT molecular complexity index is 859. The predicted molar refractivity (Wildman–Crippen MR) is 94.9 cm³/mol. The third-order valence-corrected chi connectivity index (χ3v) is 4.19. The van der Waals surface area contributed by atoms with Gasteiger partial charge in [0.1, 0.15) is 5.82 Å². The first kappa shape index (κ1) is 17.1. The molecule has 6 heteroatoms. The molecule has 0 atom stereocenters. The fourth-order valence-electron chi connectivity index (χ4n) is 2.94. The number of nitrogens with two attached hydrogens (primary N) is 1. The van der Waals surface area contributed by atoms with Crippen LogP contribution in [-0.4, -0.2) is 27.2 Å². The van der Waals surface area contributed by atoms with E-state index in [9.17, 15) is 9.90 Å². The summed E-state index contributed by atoms with van der Waals surface area (Å²) in [6.07, 6.45) is 2.30. The molecular formula is C19H21N3O3. The number of carbonyl (C=O) groups is 1. The molecule has 0 aliphatic rings. The summed E-state index contributed by atoms with van der Waals surface area (Å²) in [5.41, 5.74) is 3.28. The maximum absolute atomic E-state index is 11.6. The topological polar surface area (TPSA) is 90.4 Å². The van der Waals surface area contributed by atoms with Gasteiger partial charge >= 0.3 is 5.97 Å². The summed E-state index contributed by atoms with van der Waals surface area (Å²) in [7, 11) is 0. The Morgan fingerprint density at radius 3 is 2.68 bits per heavy atom. The van der Waals surface area contributed by atoms with Gasteiger partial charge in [0.2, 0.25) is 0 Å². The molecule has 6 nitrogen and oxygen atoms in total. The summed E-state index contributed by atoms with van der Waals surface area (Å²) < 4.78 is 2.10. The average molecular weight is 339 g/mol. The number of aliphatic hydroxyl groups is 1. The summed E-state index contributed by atoms with van der Waals surface area (Å²) in [6, 6.07) is 15.4. The monoisotopic (exact) mass is 339 g/mol. The number of fused-ring (bicyclic) bond motifs is 1. The van der Waals surface area contributed by atoms with E-state index in [0.717, 1.165) is 29.7 Å². The zero-order chi connectivity index (χ0) is 17.6. The van der Waals surface area contributed by atoms with E-state index >= 15 is 0 Å². The van der Waals surface area contributed by atoms with Crippen LogP contribution in [0.1, 0.15) is 28.2 Å². The molecule has 0 unspecified atom stereocenters. The van der Waals surface area contributed by atoms with Crippen LogP contribution in [0, 0.1) is 0 Å². The molecule has 3 rings (SSSR count). The largest absolute Gasteiger partial charge is 0.396 e. The Kier molecular flexibility index (Phi) is 5.42. The van der Waals surface area contributed by atoms with E-state index in [-0.39, 0.29) is 6.61 Å². The number of aromatic nitrogens is 2. The summed E-state index contributed by atoms with van der Waals surface area (Å²) >= 11 is 0. The lowest BCUT2D eigenvalue weighted by molar-refractivity contribution is 0.0503. The van der Waals surface area contributed by atoms with Gasteiger partial charge in [0.25, 0.3) is 0 Å². The van der Waals surface area contributed by atoms with Crippen molar-refractivity contribution in [2.24, 2.45) is 5.90 Å². The third-order valence-electron chi connectivity index (χ3n) is 4.19. The van der Waals surface area contributed by atoms with Crippen LogP contribution in [0.3, 0.4) is 0 Å². The second-order valence-electron chi connectivity index (χ2n) is 5.85. The standard InChI is InChI=1S/C19H21N3O3/c20-25-19(24)15-8-9-17-16(13-15)21-18(22(17)11-4-12-23)10-7-14-5-2-1-3-6-14/h1-3,5-6,8-9,13,23H,4,7,10-12,20H2. The first-order valence-electron chi connectivity index (χ1n) is 8.28. The lowest BCUT2D eigenvalue weighted by Gasteiger charge is -2.08. The molecule has 25 heavy (non-hydrogen) atoms. The minimum Gasteiger partial charge on any atom is -0.396 e. The maximum atomic E-state index is 11.6. The lowest BCUT2D eigenvalue weighted by atomic mass is 10.1. The van der Waals surface area contributed by atoms with Crippen molar-refractivity contribution in [3.63, 3.8) is 0 Å². The van der Waals surface area contributed by atoms with Crippen molar-refractivity contribution in [3.8, 4) is 0 Å². The van der Waals surface area contributed by atoms with E-state index in [2.05, 4.69) is 21.5 Å². The van der Waals surface area contributed by atoms with Gasteiger partial charge in [0.05, 0.1) is 16.6 Å².